The highest BCUT2D eigenvalue weighted by molar-refractivity contribution is 9.10. The van der Waals surface area contributed by atoms with Crippen LogP contribution in [-0.4, -0.2) is 34.2 Å². The molecule has 0 aliphatic heterocycles. The number of hydrogen-bond acceptors (Lipinski definition) is 6. The van der Waals surface area contributed by atoms with Gasteiger partial charge >= 0.3 is 0 Å². The Morgan fingerprint density at radius 1 is 0.953 bits per heavy atom. The number of carbonyl (C=O) groups is 1. The zero-order valence-electron chi connectivity index (χ0n) is 22.2. The van der Waals surface area contributed by atoms with Gasteiger partial charge in [-0.25, -0.2) is 13.8 Å². The van der Waals surface area contributed by atoms with Gasteiger partial charge in [0.25, 0.3) is 15.9 Å². The molecule has 0 unspecified atom stereocenters. The van der Waals surface area contributed by atoms with E-state index < -0.39 is 22.5 Å². The average Bonchev–Trinajstić information content (AvgIpc) is 2.97. The number of sulfonamides is 1. The van der Waals surface area contributed by atoms with Crippen LogP contribution in [0, 0.1) is 0 Å². The summed E-state index contributed by atoms with van der Waals surface area (Å²) in [5.41, 5.74) is 3.80. The van der Waals surface area contributed by atoms with Crippen LogP contribution >= 0.6 is 62.3 Å². The van der Waals surface area contributed by atoms with Crippen molar-refractivity contribution in [3.05, 3.63) is 115 Å². The van der Waals surface area contributed by atoms with E-state index in [1.807, 2.05) is 0 Å². The molecule has 0 bridgehead atoms. The fourth-order valence-corrected chi connectivity index (χ4v) is 6.70. The lowest BCUT2D eigenvalue weighted by molar-refractivity contribution is -0.119. The fraction of sp³-hybridized carbons (Fsp3) is 0.103. The zero-order chi connectivity index (χ0) is 31.1. The second-order valence-corrected chi connectivity index (χ2v) is 13.2. The summed E-state index contributed by atoms with van der Waals surface area (Å²) in [5.74, 6) is 0.130. The van der Waals surface area contributed by atoms with E-state index in [-0.39, 0.29) is 22.2 Å². The second-order valence-electron chi connectivity index (χ2n) is 8.78. The molecule has 4 rings (SSSR count). The predicted molar refractivity (Wildman–Crippen MR) is 175 cm³/mol. The largest absolute Gasteiger partial charge is 0.493 e. The average molecular weight is 746 g/mol. The number of hydrogen-bond donors (Lipinski definition) is 1. The predicted octanol–water partition coefficient (Wildman–Crippen LogP) is 8.00. The molecule has 0 aliphatic carbocycles. The number of amides is 1. The zero-order valence-corrected chi connectivity index (χ0v) is 27.7. The molecule has 0 atom stereocenters. The SMILES string of the molecule is COc1cc(/C=N\NC(=O)CN(c2ccc(Cl)cc2Cl)S(=O)(=O)c2ccccc2)cc(Br)c1OCc1ccc(Cl)c(Cl)c1. The van der Waals surface area contributed by atoms with Crippen molar-refractivity contribution in [2.24, 2.45) is 5.10 Å². The van der Waals surface area contributed by atoms with Crippen LogP contribution in [0.4, 0.5) is 5.69 Å². The summed E-state index contributed by atoms with van der Waals surface area (Å²) in [4.78, 5) is 12.9. The number of nitrogens with one attached hydrogen (secondary N) is 1. The van der Waals surface area contributed by atoms with E-state index in [1.54, 1.807) is 48.5 Å². The van der Waals surface area contributed by atoms with Crippen LogP contribution in [0.2, 0.25) is 20.1 Å². The molecule has 14 heteroatoms. The monoisotopic (exact) mass is 743 g/mol. The first-order valence-corrected chi connectivity index (χ1v) is 16.0. The minimum absolute atomic E-state index is 0.0178. The Morgan fingerprint density at radius 3 is 2.37 bits per heavy atom. The molecule has 0 saturated heterocycles. The van der Waals surface area contributed by atoms with Crippen molar-refractivity contribution in [1.82, 2.24) is 5.43 Å². The van der Waals surface area contributed by atoms with Gasteiger partial charge < -0.3 is 9.47 Å². The van der Waals surface area contributed by atoms with E-state index in [4.69, 9.17) is 55.9 Å². The Balaban J connectivity index is 1.50. The molecule has 0 spiro atoms. The smallest absolute Gasteiger partial charge is 0.264 e. The second kappa shape index (κ2) is 14.7. The molecule has 0 saturated carbocycles. The number of nitrogens with zero attached hydrogens (tertiary/aromatic N) is 2. The first-order valence-electron chi connectivity index (χ1n) is 12.3. The molecule has 0 fully saturated rings. The normalized spacial score (nSPS) is 11.4. The van der Waals surface area contributed by atoms with Crippen LogP contribution in [-0.2, 0) is 21.4 Å². The van der Waals surface area contributed by atoms with E-state index in [0.29, 0.717) is 36.6 Å². The summed E-state index contributed by atoms with van der Waals surface area (Å²) in [6.07, 6.45) is 1.37. The molecule has 0 aromatic heterocycles. The van der Waals surface area contributed by atoms with Gasteiger partial charge in [-0.2, -0.15) is 5.10 Å². The number of ether oxygens (including phenoxy) is 2. The highest BCUT2D eigenvalue weighted by Gasteiger charge is 2.28. The van der Waals surface area contributed by atoms with Crippen molar-refractivity contribution in [2.45, 2.75) is 11.5 Å². The van der Waals surface area contributed by atoms with Crippen LogP contribution in [0.25, 0.3) is 0 Å². The van der Waals surface area contributed by atoms with E-state index in [0.717, 1.165) is 9.87 Å². The number of methoxy groups -OCH3 is 1. The van der Waals surface area contributed by atoms with Gasteiger partial charge in [0.2, 0.25) is 0 Å². The summed E-state index contributed by atoms with van der Waals surface area (Å²) in [7, 11) is -2.68. The molecular formula is C29H22BrCl4N3O5S. The third-order valence-electron chi connectivity index (χ3n) is 5.82. The van der Waals surface area contributed by atoms with Gasteiger partial charge in [0.15, 0.2) is 11.5 Å². The maximum absolute atomic E-state index is 13.5. The number of rotatable bonds is 11. The standard InChI is InChI=1S/C29H22BrCl4N3O5S/c1-41-27-13-19(11-22(30)29(27)42-17-18-7-9-23(32)24(33)12-18)15-35-36-28(38)16-37(26-10-8-20(31)14-25(26)34)43(39,40)21-5-3-2-4-6-21/h2-15H,16-17H2,1H3,(H,36,38)/b35-15-. The van der Waals surface area contributed by atoms with Crippen molar-refractivity contribution >= 4 is 90.2 Å². The molecule has 8 nitrogen and oxygen atoms in total. The van der Waals surface area contributed by atoms with Crippen molar-refractivity contribution in [3.63, 3.8) is 0 Å². The third-order valence-corrected chi connectivity index (χ3v) is 9.46. The molecule has 0 heterocycles. The molecule has 1 N–H and O–H groups in total. The van der Waals surface area contributed by atoms with E-state index in [1.165, 1.54) is 43.7 Å². The first kappa shape index (κ1) is 32.9. The Kier molecular flexibility index (Phi) is 11.2. The molecule has 0 aliphatic rings. The van der Waals surface area contributed by atoms with Crippen LogP contribution in [0.3, 0.4) is 0 Å². The molecule has 224 valence electrons. The Morgan fingerprint density at radius 2 is 1.70 bits per heavy atom. The fourth-order valence-electron chi connectivity index (χ4n) is 3.79. The maximum Gasteiger partial charge on any atom is 0.264 e. The van der Waals surface area contributed by atoms with E-state index in [9.17, 15) is 13.2 Å². The van der Waals surface area contributed by atoms with Gasteiger partial charge in [0.1, 0.15) is 13.2 Å². The number of anilines is 1. The maximum atomic E-state index is 13.5. The van der Waals surface area contributed by atoms with Gasteiger partial charge in [-0.3, -0.25) is 9.10 Å². The molecule has 4 aromatic carbocycles. The van der Waals surface area contributed by atoms with Crippen LogP contribution in [0.15, 0.2) is 93.3 Å². The lowest BCUT2D eigenvalue weighted by Gasteiger charge is -2.24. The Hall–Kier alpha value is -2.99. The van der Waals surface area contributed by atoms with Gasteiger partial charge in [-0.1, -0.05) is 70.7 Å². The number of carbonyl (C=O) groups excluding carboxylic acids is 1. The summed E-state index contributed by atoms with van der Waals surface area (Å²) in [6, 6.07) is 20.5. The van der Waals surface area contributed by atoms with Crippen molar-refractivity contribution in [3.8, 4) is 11.5 Å². The quantitative estimate of drug-likeness (QED) is 0.124. The summed E-state index contributed by atoms with van der Waals surface area (Å²) in [6.45, 7) is -0.403. The van der Waals surface area contributed by atoms with Crippen LogP contribution in [0.1, 0.15) is 11.1 Å². The third kappa shape index (κ3) is 8.35. The van der Waals surface area contributed by atoms with Gasteiger partial charge in [-0.05, 0) is 81.7 Å². The first-order chi connectivity index (χ1) is 20.5. The van der Waals surface area contributed by atoms with Gasteiger partial charge in [0, 0.05) is 5.02 Å². The Bertz CT molecular complexity index is 1780. The lowest BCUT2D eigenvalue weighted by Crippen LogP contribution is -2.39. The van der Waals surface area contributed by atoms with Crippen LogP contribution in [0.5, 0.6) is 11.5 Å². The minimum atomic E-state index is -4.17. The van der Waals surface area contributed by atoms with Crippen molar-refractivity contribution < 1.29 is 22.7 Å². The summed E-state index contributed by atoms with van der Waals surface area (Å²) < 4.78 is 39.9. The summed E-state index contributed by atoms with van der Waals surface area (Å²) >= 11 is 27.9. The highest BCUT2D eigenvalue weighted by atomic mass is 79.9. The van der Waals surface area contributed by atoms with Crippen LogP contribution < -0.4 is 19.2 Å². The molecule has 4 aromatic rings. The lowest BCUT2D eigenvalue weighted by atomic mass is 10.2. The van der Waals surface area contributed by atoms with E-state index in [2.05, 4.69) is 26.5 Å². The molecule has 1 amide bonds. The summed E-state index contributed by atoms with van der Waals surface area (Å²) in [5, 5.41) is 5.22. The van der Waals surface area contributed by atoms with Crippen molar-refractivity contribution in [1.29, 1.82) is 0 Å². The van der Waals surface area contributed by atoms with Crippen molar-refractivity contribution in [2.75, 3.05) is 18.0 Å². The highest BCUT2D eigenvalue weighted by Crippen LogP contribution is 2.37. The van der Waals surface area contributed by atoms with Gasteiger partial charge in [0.05, 0.1) is 43.4 Å². The molecule has 0 radical (unpaired) electrons. The van der Waals surface area contributed by atoms with E-state index >= 15 is 0 Å². The molecular weight excluding hydrogens is 724 g/mol. The number of benzene rings is 4. The number of halogens is 5. The minimum Gasteiger partial charge on any atom is -0.493 e. The topological polar surface area (TPSA) is 97.3 Å². The number of hydrazone groups is 1. The van der Waals surface area contributed by atoms with Gasteiger partial charge in [-0.15, -0.1) is 0 Å². The Labute approximate surface area is 277 Å². The molecule has 43 heavy (non-hydrogen) atoms.